The predicted molar refractivity (Wildman–Crippen MR) is 63.9 cm³/mol. The molecule has 92 valence electrons. The van der Waals surface area contributed by atoms with E-state index in [-0.39, 0.29) is 0 Å². The Labute approximate surface area is 101 Å². The van der Waals surface area contributed by atoms with Gasteiger partial charge in [0, 0.05) is 23.8 Å². The molecule has 2 saturated heterocycles. The first-order chi connectivity index (χ1) is 8.21. The summed E-state index contributed by atoms with van der Waals surface area (Å²) in [6.45, 7) is 0. The van der Waals surface area contributed by atoms with E-state index in [1.807, 2.05) is 12.1 Å². The second kappa shape index (κ2) is 3.96. The number of methoxy groups -OCH3 is 1. The van der Waals surface area contributed by atoms with Crippen molar-refractivity contribution in [1.82, 2.24) is 10.3 Å². The molecular weight excluding hydrogens is 216 g/mol. The Morgan fingerprint density at radius 2 is 2.12 bits per heavy atom. The molecule has 0 aliphatic carbocycles. The van der Waals surface area contributed by atoms with Crippen LogP contribution in [-0.4, -0.2) is 29.3 Å². The van der Waals surface area contributed by atoms with Crippen LogP contribution in [0.25, 0.3) is 0 Å². The number of rotatable bonds is 2. The van der Waals surface area contributed by atoms with Gasteiger partial charge >= 0.3 is 0 Å². The van der Waals surface area contributed by atoms with Crippen LogP contribution in [0.15, 0.2) is 18.3 Å². The smallest absolute Gasteiger partial charge is 0.219 e. The molecule has 0 aromatic carbocycles. The summed E-state index contributed by atoms with van der Waals surface area (Å²) in [7, 11) is 1.60. The van der Waals surface area contributed by atoms with E-state index in [0.29, 0.717) is 18.0 Å². The first-order valence-electron chi connectivity index (χ1n) is 6.19. The minimum absolute atomic E-state index is 0.434. The molecule has 2 bridgehead atoms. The van der Waals surface area contributed by atoms with Gasteiger partial charge in [-0.05, 0) is 37.8 Å². The number of aromatic nitrogens is 1. The molecule has 4 nitrogen and oxygen atoms in total. The van der Waals surface area contributed by atoms with Crippen LogP contribution in [0, 0.1) is 0 Å². The third-order valence-corrected chi connectivity index (χ3v) is 3.97. The lowest BCUT2D eigenvalue weighted by molar-refractivity contribution is -0.0137. The molecule has 2 aliphatic heterocycles. The zero-order valence-corrected chi connectivity index (χ0v) is 10.0. The molecule has 0 saturated carbocycles. The average Bonchev–Trinajstić information content (AvgIpc) is 2.69. The summed E-state index contributed by atoms with van der Waals surface area (Å²) < 4.78 is 5.26. The van der Waals surface area contributed by atoms with E-state index in [2.05, 4.69) is 10.3 Å². The molecule has 2 atom stereocenters. The molecule has 0 spiro atoms. The molecule has 2 N–H and O–H groups in total. The van der Waals surface area contributed by atoms with Gasteiger partial charge in [-0.25, -0.2) is 4.98 Å². The number of nitrogens with zero attached hydrogens (tertiary/aromatic N) is 1. The van der Waals surface area contributed by atoms with Crippen LogP contribution in [0.3, 0.4) is 0 Å². The van der Waals surface area contributed by atoms with Crippen molar-refractivity contribution in [2.75, 3.05) is 7.11 Å². The highest BCUT2D eigenvalue weighted by molar-refractivity contribution is 5.33. The lowest BCUT2D eigenvalue weighted by atomic mass is 9.82. The summed E-state index contributed by atoms with van der Waals surface area (Å²) in [6.07, 6.45) is 5.53. The van der Waals surface area contributed by atoms with Crippen molar-refractivity contribution in [3.05, 3.63) is 23.9 Å². The molecule has 2 fully saturated rings. The van der Waals surface area contributed by atoms with Crippen molar-refractivity contribution in [3.63, 3.8) is 0 Å². The van der Waals surface area contributed by atoms with Crippen LogP contribution < -0.4 is 10.1 Å². The van der Waals surface area contributed by atoms with Gasteiger partial charge in [0.25, 0.3) is 0 Å². The first-order valence-corrected chi connectivity index (χ1v) is 6.19. The van der Waals surface area contributed by atoms with Gasteiger partial charge in [0.2, 0.25) is 5.88 Å². The topological polar surface area (TPSA) is 54.4 Å². The van der Waals surface area contributed by atoms with Crippen molar-refractivity contribution in [3.8, 4) is 5.88 Å². The quantitative estimate of drug-likeness (QED) is 0.807. The maximum Gasteiger partial charge on any atom is 0.219 e. The van der Waals surface area contributed by atoms with Gasteiger partial charge in [-0.15, -0.1) is 0 Å². The van der Waals surface area contributed by atoms with Gasteiger partial charge in [0.05, 0.1) is 12.7 Å². The van der Waals surface area contributed by atoms with Crippen LogP contribution in [-0.2, 0) is 5.60 Å². The van der Waals surface area contributed by atoms with Crippen molar-refractivity contribution in [1.29, 1.82) is 0 Å². The van der Waals surface area contributed by atoms with Gasteiger partial charge in [0.1, 0.15) is 0 Å². The molecule has 2 aliphatic rings. The molecular formula is C13H18N2O2. The number of hydrogen-bond acceptors (Lipinski definition) is 4. The van der Waals surface area contributed by atoms with Crippen molar-refractivity contribution in [2.45, 2.75) is 43.4 Å². The Balaban J connectivity index is 1.96. The highest BCUT2D eigenvalue weighted by atomic mass is 16.5. The van der Waals surface area contributed by atoms with E-state index >= 15 is 0 Å². The SMILES string of the molecule is COc1ncccc1C1(O)CC2CCC(C1)N2. The highest BCUT2D eigenvalue weighted by Gasteiger charge is 2.44. The van der Waals surface area contributed by atoms with E-state index in [1.165, 1.54) is 0 Å². The molecule has 1 aromatic heterocycles. The molecule has 3 rings (SSSR count). The third kappa shape index (κ3) is 1.81. The maximum absolute atomic E-state index is 10.9. The van der Waals surface area contributed by atoms with Crippen molar-refractivity contribution < 1.29 is 9.84 Å². The van der Waals surface area contributed by atoms with Crippen LogP contribution in [0.5, 0.6) is 5.88 Å². The molecule has 4 heteroatoms. The van der Waals surface area contributed by atoms with Crippen LogP contribution in [0.4, 0.5) is 0 Å². The number of aliphatic hydroxyl groups is 1. The Morgan fingerprint density at radius 1 is 1.41 bits per heavy atom. The van der Waals surface area contributed by atoms with Gasteiger partial charge in [-0.2, -0.15) is 0 Å². The Morgan fingerprint density at radius 3 is 2.76 bits per heavy atom. The Kier molecular flexibility index (Phi) is 2.56. The molecule has 17 heavy (non-hydrogen) atoms. The van der Waals surface area contributed by atoms with Crippen molar-refractivity contribution in [2.24, 2.45) is 0 Å². The lowest BCUT2D eigenvalue weighted by Gasteiger charge is -2.37. The molecule has 0 radical (unpaired) electrons. The summed E-state index contributed by atoms with van der Waals surface area (Å²) in [5.74, 6) is 0.552. The summed E-state index contributed by atoms with van der Waals surface area (Å²) in [4.78, 5) is 4.19. The van der Waals surface area contributed by atoms with Crippen molar-refractivity contribution >= 4 is 0 Å². The third-order valence-electron chi connectivity index (χ3n) is 3.97. The minimum atomic E-state index is -0.781. The zero-order valence-electron chi connectivity index (χ0n) is 10.0. The van der Waals surface area contributed by atoms with Gasteiger partial charge in [0.15, 0.2) is 0 Å². The number of pyridine rings is 1. The van der Waals surface area contributed by atoms with E-state index in [4.69, 9.17) is 4.74 Å². The first kappa shape index (κ1) is 11.0. The fourth-order valence-electron chi connectivity index (χ4n) is 3.25. The van der Waals surface area contributed by atoms with Gasteiger partial charge in [-0.3, -0.25) is 0 Å². The van der Waals surface area contributed by atoms with Crippen LogP contribution >= 0.6 is 0 Å². The number of hydrogen-bond donors (Lipinski definition) is 2. The number of nitrogens with one attached hydrogen (secondary N) is 1. The second-order valence-electron chi connectivity index (χ2n) is 5.14. The van der Waals surface area contributed by atoms with E-state index in [1.54, 1.807) is 13.3 Å². The highest BCUT2D eigenvalue weighted by Crippen LogP contribution is 2.42. The van der Waals surface area contributed by atoms with E-state index in [0.717, 1.165) is 31.2 Å². The summed E-state index contributed by atoms with van der Waals surface area (Å²) >= 11 is 0. The number of piperidine rings is 1. The molecule has 1 aromatic rings. The Bertz CT molecular complexity index is 410. The molecule has 0 amide bonds. The largest absolute Gasteiger partial charge is 0.481 e. The fourth-order valence-corrected chi connectivity index (χ4v) is 3.25. The zero-order chi connectivity index (χ0) is 11.9. The summed E-state index contributed by atoms with van der Waals surface area (Å²) in [5, 5.41) is 14.4. The average molecular weight is 234 g/mol. The standard InChI is InChI=1S/C13H18N2O2/c1-17-12-11(3-2-6-14-12)13(16)7-9-4-5-10(8-13)15-9/h2-3,6,9-10,15-16H,4-5,7-8H2,1H3. The van der Waals surface area contributed by atoms with E-state index < -0.39 is 5.60 Å². The van der Waals surface area contributed by atoms with Gasteiger partial charge < -0.3 is 15.2 Å². The Hall–Kier alpha value is -1.13. The monoisotopic (exact) mass is 234 g/mol. The number of fused-ring (bicyclic) bond motifs is 2. The molecule has 2 unspecified atom stereocenters. The normalized spacial score (nSPS) is 35.9. The maximum atomic E-state index is 10.9. The van der Waals surface area contributed by atoms with Crippen LogP contribution in [0.1, 0.15) is 31.2 Å². The van der Waals surface area contributed by atoms with Gasteiger partial charge in [-0.1, -0.05) is 0 Å². The fraction of sp³-hybridized carbons (Fsp3) is 0.615. The lowest BCUT2D eigenvalue weighted by Crippen LogP contribution is -2.46. The van der Waals surface area contributed by atoms with E-state index in [9.17, 15) is 5.11 Å². The number of ether oxygens (including phenoxy) is 1. The predicted octanol–water partition coefficient (Wildman–Crippen LogP) is 1.19. The van der Waals surface area contributed by atoms with Crippen LogP contribution in [0.2, 0.25) is 0 Å². The molecule has 3 heterocycles. The summed E-state index contributed by atoms with van der Waals surface area (Å²) in [5.41, 5.74) is 0.0531. The minimum Gasteiger partial charge on any atom is -0.481 e. The summed E-state index contributed by atoms with van der Waals surface area (Å²) in [6, 6.07) is 4.66. The second-order valence-corrected chi connectivity index (χ2v) is 5.14.